The van der Waals surface area contributed by atoms with Gasteiger partial charge in [0.15, 0.2) is 5.82 Å². The van der Waals surface area contributed by atoms with E-state index in [0.717, 1.165) is 31.2 Å². The van der Waals surface area contributed by atoms with Gasteiger partial charge in [0.25, 0.3) is 0 Å². The van der Waals surface area contributed by atoms with E-state index in [1.54, 1.807) is 4.57 Å². The van der Waals surface area contributed by atoms with Crippen molar-refractivity contribution in [3.63, 3.8) is 0 Å². The molecule has 1 aliphatic carbocycles. The number of hydrogen-bond acceptors (Lipinski definition) is 5. The van der Waals surface area contributed by atoms with Crippen LogP contribution in [0.2, 0.25) is 0 Å². The van der Waals surface area contributed by atoms with Crippen molar-refractivity contribution >= 4 is 27.9 Å². The van der Waals surface area contributed by atoms with E-state index in [4.69, 9.17) is 9.72 Å². The molecule has 0 aliphatic heterocycles. The number of methoxy groups -OCH3 is 1. The average molecular weight is 492 g/mol. The molecular weight excluding hydrogens is 476 g/mol. The van der Waals surface area contributed by atoms with E-state index >= 15 is 4.39 Å². The first-order valence-corrected chi connectivity index (χ1v) is 11.1. The van der Waals surface area contributed by atoms with Gasteiger partial charge in [-0.25, -0.2) is 27.9 Å². The highest BCUT2D eigenvalue weighted by molar-refractivity contribution is 6.05. The third kappa shape index (κ3) is 3.32. The van der Waals surface area contributed by atoms with Crippen molar-refractivity contribution < 1.29 is 27.1 Å². The predicted octanol–water partition coefficient (Wildman–Crippen LogP) is 5.86. The van der Waals surface area contributed by atoms with Gasteiger partial charge in [0.2, 0.25) is 5.95 Å². The number of fused-ring (bicyclic) bond motifs is 2. The lowest BCUT2D eigenvalue weighted by molar-refractivity contribution is 0.0603. The number of halogens is 4. The van der Waals surface area contributed by atoms with E-state index < -0.39 is 29.4 Å². The lowest BCUT2D eigenvalue weighted by Gasteiger charge is -2.14. The van der Waals surface area contributed by atoms with Crippen LogP contribution in [0.1, 0.15) is 34.9 Å². The van der Waals surface area contributed by atoms with Crippen molar-refractivity contribution in [3.05, 3.63) is 83.6 Å². The molecule has 0 amide bonds. The number of nitrogens with zero attached hydrogens (tertiary/aromatic N) is 4. The molecule has 10 heteroatoms. The highest BCUT2D eigenvalue weighted by atomic mass is 19.2. The van der Waals surface area contributed by atoms with Crippen molar-refractivity contribution in [1.82, 2.24) is 19.5 Å². The molecule has 180 valence electrons. The molecule has 0 saturated heterocycles. The molecule has 1 aliphatic rings. The number of pyridine rings is 2. The van der Waals surface area contributed by atoms with Crippen LogP contribution < -0.4 is 0 Å². The van der Waals surface area contributed by atoms with Crippen LogP contribution in [-0.2, 0) is 4.74 Å². The molecule has 36 heavy (non-hydrogen) atoms. The molecule has 3 aromatic heterocycles. The fourth-order valence-corrected chi connectivity index (χ4v) is 4.49. The molecule has 2 aromatic carbocycles. The lowest BCUT2D eigenvalue weighted by atomic mass is 10.0. The van der Waals surface area contributed by atoms with Crippen molar-refractivity contribution in [2.75, 3.05) is 7.11 Å². The van der Waals surface area contributed by atoms with Crippen molar-refractivity contribution in [2.24, 2.45) is 0 Å². The molecule has 0 unspecified atom stereocenters. The van der Waals surface area contributed by atoms with Crippen LogP contribution in [0.15, 0.2) is 48.8 Å². The summed E-state index contributed by atoms with van der Waals surface area (Å²) >= 11 is 0. The molecule has 6 nitrogen and oxygen atoms in total. The topological polar surface area (TPSA) is 69.9 Å². The first kappa shape index (κ1) is 22.1. The first-order chi connectivity index (χ1) is 17.4. The van der Waals surface area contributed by atoms with Crippen LogP contribution in [0, 0.1) is 23.4 Å². The van der Waals surface area contributed by atoms with Crippen LogP contribution in [0.5, 0.6) is 0 Å². The standard InChI is InChI=1S/C26H16F4N4O2/c1-36-26(35)15-10-13(14-6-8-32-24(30)21(14)29)11-19-22(15)33-25(12-2-3-12)34(19)18-7-9-31-23-17(28)5-4-16(27)20(18)23/h4-12H,2-3H2,1H3. The minimum absolute atomic E-state index is 0.0151. The summed E-state index contributed by atoms with van der Waals surface area (Å²) in [7, 11) is 1.20. The number of hydrogen-bond donors (Lipinski definition) is 0. The number of aromatic nitrogens is 4. The molecule has 1 fully saturated rings. The summed E-state index contributed by atoms with van der Waals surface area (Å²) in [6.45, 7) is 0. The van der Waals surface area contributed by atoms with Gasteiger partial charge in [-0.2, -0.15) is 4.39 Å². The van der Waals surface area contributed by atoms with Gasteiger partial charge in [-0.15, -0.1) is 0 Å². The van der Waals surface area contributed by atoms with Gasteiger partial charge in [0.05, 0.1) is 29.3 Å². The molecule has 3 heterocycles. The molecule has 0 bridgehead atoms. The van der Waals surface area contributed by atoms with Gasteiger partial charge in [0, 0.05) is 23.9 Å². The largest absolute Gasteiger partial charge is 0.465 e. The predicted molar refractivity (Wildman–Crippen MR) is 123 cm³/mol. The number of carbonyl (C=O) groups excluding carboxylic acids is 1. The first-order valence-electron chi connectivity index (χ1n) is 11.1. The highest BCUT2D eigenvalue weighted by Crippen LogP contribution is 2.44. The Balaban J connectivity index is 1.76. The highest BCUT2D eigenvalue weighted by Gasteiger charge is 2.33. The van der Waals surface area contributed by atoms with E-state index in [1.165, 1.54) is 37.6 Å². The smallest absolute Gasteiger partial charge is 0.340 e. The van der Waals surface area contributed by atoms with Crippen molar-refractivity contribution in [2.45, 2.75) is 18.8 Å². The number of imidazole rings is 1. The summed E-state index contributed by atoms with van der Waals surface area (Å²) in [4.78, 5) is 24.8. The van der Waals surface area contributed by atoms with Gasteiger partial charge in [0.1, 0.15) is 28.5 Å². The number of benzene rings is 2. The lowest BCUT2D eigenvalue weighted by Crippen LogP contribution is -2.05. The summed E-state index contributed by atoms with van der Waals surface area (Å²) < 4.78 is 64.8. The third-order valence-electron chi connectivity index (χ3n) is 6.30. The molecule has 0 spiro atoms. The summed E-state index contributed by atoms with van der Waals surface area (Å²) in [6.07, 6.45) is 4.09. The zero-order chi connectivity index (χ0) is 25.1. The van der Waals surface area contributed by atoms with Crippen molar-refractivity contribution in [1.29, 1.82) is 0 Å². The molecule has 0 atom stereocenters. The minimum atomic E-state index is -1.29. The SMILES string of the molecule is COC(=O)c1cc(-c2ccnc(F)c2F)cc2c1nc(C1CC1)n2-c1ccnc2c(F)ccc(F)c12. The maximum absolute atomic E-state index is 15.1. The van der Waals surface area contributed by atoms with E-state index in [2.05, 4.69) is 9.97 Å². The molecule has 1 saturated carbocycles. The minimum Gasteiger partial charge on any atom is -0.465 e. The summed E-state index contributed by atoms with van der Waals surface area (Å²) in [5.74, 6) is -4.06. The summed E-state index contributed by atoms with van der Waals surface area (Å²) in [6, 6.07) is 7.71. The third-order valence-corrected chi connectivity index (χ3v) is 6.30. The van der Waals surface area contributed by atoms with Crippen molar-refractivity contribution in [3.8, 4) is 16.8 Å². The normalized spacial score (nSPS) is 13.5. The van der Waals surface area contributed by atoms with Crippen LogP contribution in [0.4, 0.5) is 17.6 Å². The summed E-state index contributed by atoms with van der Waals surface area (Å²) in [5, 5.41) is -0.0649. The Morgan fingerprint density at radius 3 is 2.47 bits per heavy atom. The molecule has 0 N–H and O–H groups in total. The molecule has 0 radical (unpaired) electrons. The van der Waals surface area contributed by atoms with E-state index in [9.17, 15) is 18.0 Å². The van der Waals surface area contributed by atoms with Crippen LogP contribution in [0.25, 0.3) is 38.8 Å². The van der Waals surface area contributed by atoms with Gasteiger partial charge in [-0.1, -0.05) is 0 Å². The second-order valence-corrected chi connectivity index (χ2v) is 8.51. The Bertz CT molecular complexity index is 1710. The maximum atomic E-state index is 15.1. The van der Waals surface area contributed by atoms with E-state index in [-0.39, 0.29) is 44.7 Å². The van der Waals surface area contributed by atoms with Gasteiger partial charge in [-0.3, -0.25) is 9.55 Å². The Kier molecular flexibility index (Phi) is 4.99. The molecular formula is C26H16F4N4O2. The Morgan fingerprint density at radius 2 is 1.72 bits per heavy atom. The zero-order valence-electron chi connectivity index (χ0n) is 18.7. The molecule has 5 aromatic rings. The average Bonchev–Trinajstić information content (AvgIpc) is 3.66. The van der Waals surface area contributed by atoms with E-state index in [0.29, 0.717) is 11.3 Å². The number of ether oxygens (including phenoxy) is 1. The maximum Gasteiger partial charge on any atom is 0.340 e. The second-order valence-electron chi connectivity index (χ2n) is 8.51. The van der Waals surface area contributed by atoms with Crippen LogP contribution in [0.3, 0.4) is 0 Å². The van der Waals surface area contributed by atoms with Gasteiger partial charge < -0.3 is 4.74 Å². The quantitative estimate of drug-likeness (QED) is 0.179. The monoisotopic (exact) mass is 492 g/mol. The molecule has 6 rings (SSSR count). The van der Waals surface area contributed by atoms with E-state index in [1.807, 2.05) is 0 Å². The Morgan fingerprint density at radius 1 is 0.972 bits per heavy atom. The fourth-order valence-electron chi connectivity index (χ4n) is 4.49. The number of carbonyl (C=O) groups is 1. The zero-order valence-corrected chi connectivity index (χ0v) is 18.7. The Hall–Kier alpha value is -4.34. The fraction of sp³-hybridized carbons (Fsp3) is 0.154. The number of rotatable bonds is 4. The van der Waals surface area contributed by atoms with Crippen LogP contribution in [-0.4, -0.2) is 32.6 Å². The second kappa shape index (κ2) is 8.11. The van der Waals surface area contributed by atoms with Crippen LogP contribution >= 0.6 is 0 Å². The van der Waals surface area contributed by atoms with Gasteiger partial charge in [-0.05, 0) is 54.8 Å². The Labute approximate surface area is 201 Å². The number of esters is 1. The summed E-state index contributed by atoms with van der Waals surface area (Å²) in [5.41, 5.74) is 0.708. The van der Waals surface area contributed by atoms with Gasteiger partial charge >= 0.3 is 5.97 Å².